The molecule has 3 aliphatic heterocycles. The average Bonchev–Trinajstić information content (AvgIpc) is 3.64. The predicted octanol–water partition coefficient (Wildman–Crippen LogP) is 0.362. The van der Waals surface area contributed by atoms with Gasteiger partial charge in [0.15, 0.2) is 0 Å². The lowest BCUT2D eigenvalue weighted by molar-refractivity contribution is -0.126. The molecule has 3 fully saturated rings. The number of carbonyl (C=O) groups is 3. The highest BCUT2D eigenvalue weighted by Gasteiger charge is 2.35. The van der Waals surface area contributed by atoms with Crippen molar-refractivity contribution >= 4 is 17.7 Å². The highest BCUT2D eigenvalue weighted by Crippen LogP contribution is 2.20. The summed E-state index contributed by atoms with van der Waals surface area (Å²) in [5, 5.41) is 0. The summed E-state index contributed by atoms with van der Waals surface area (Å²) in [7, 11) is 0. The molecule has 3 saturated heterocycles. The molecule has 4 heterocycles. The molecule has 3 unspecified atom stereocenters. The number of hydrogen-bond acceptors (Lipinski definition) is 6. The summed E-state index contributed by atoms with van der Waals surface area (Å²) in [6, 6.07) is 0.996. The Bertz CT molecular complexity index is 737. The molecular weight excluding hydrogens is 384 g/mol. The Balaban J connectivity index is 1.38. The number of aryl methyl sites for hydroxylation is 3. The average molecular weight is 415 g/mol. The SMILES string of the molecule is CC1CN1C(=O)CCc1nc(CCC(=O)N2CC2C)nc(CCC(=O)N2CC2C)n1. The maximum absolute atomic E-state index is 12.2. The first-order valence-corrected chi connectivity index (χ1v) is 10.9. The van der Waals surface area contributed by atoms with Gasteiger partial charge in [-0.05, 0) is 20.8 Å². The van der Waals surface area contributed by atoms with E-state index in [0.717, 1.165) is 19.6 Å². The van der Waals surface area contributed by atoms with Crippen molar-refractivity contribution in [2.45, 2.75) is 77.4 Å². The van der Waals surface area contributed by atoms with Gasteiger partial charge in [0.25, 0.3) is 0 Å². The van der Waals surface area contributed by atoms with Crippen molar-refractivity contribution in [3.05, 3.63) is 17.5 Å². The van der Waals surface area contributed by atoms with Gasteiger partial charge in [0.1, 0.15) is 17.5 Å². The molecule has 30 heavy (non-hydrogen) atoms. The van der Waals surface area contributed by atoms with E-state index < -0.39 is 0 Å². The van der Waals surface area contributed by atoms with Crippen molar-refractivity contribution in [3.8, 4) is 0 Å². The number of hydrogen-bond donors (Lipinski definition) is 0. The second kappa shape index (κ2) is 8.28. The minimum absolute atomic E-state index is 0.113. The molecule has 9 heteroatoms. The number of amides is 3. The fourth-order valence-corrected chi connectivity index (χ4v) is 3.70. The van der Waals surface area contributed by atoms with Crippen LogP contribution in [0.2, 0.25) is 0 Å². The Morgan fingerprint density at radius 3 is 1.07 bits per heavy atom. The number of nitrogens with zero attached hydrogens (tertiary/aromatic N) is 6. The Labute approximate surface area is 176 Å². The fraction of sp³-hybridized carbons (Fsp3) is 0.714. The summed E-state index contributed by atoms with van der Waals surface area (Å²) in [6.45, 7) is 8.54. The summed E-state index contributed by atoms with van der Waals surface area (Å²) in [6.07, 6.45) is 2.42. The molecule has 0 aromatic carbocycles. The van der Waals surface area contributed by atoms with Crippen molar-refractivity contribution in [3.63, 3.8) is 0 Å². The second-order valence-electron chi connectivity index (χ2n) is 8.77. The maximum Gasteiger partial charge on any atom is 0.223 e. The van der Waals surface area contributed by atoms with Crippen molar-refractivity contribution in [1.29, 1.82) is 0 Å². The van der Waals surface area contributed by atoms with Crippen molar-refractivity contribution in [2.24, 2.45) is 0 Å². The molecule has 3 aliphatic rings. The molecule has 0 spiro atoms. The maximum atomic E-state index is 12.2. The first-order valence-electron chi connectivity index (χ1n) is 10.9. The largest absolute Gasteiger partial charge is 0.336 e. The van der Waals surface area contributed by atoms with Gasteiger partial charge in [-0.3, -0.25) is 14.4 Å². The second-order valence-corrected chi connectivity index (χ2v) is 8.77. The van der Waals surface area contributed by atoms with E-state index in [0.29, 0.717) is 74.1 Å². The van der Waals surface area contributed by atoms with Crippen LogP contribution in [0.3, 0.4) is 0 Å². The molecule has 3 amide bonds. The van der Waals surface area contributed by atoms with Crippen LogP contribution in [0.15, 0.2) is 0 Å². The van der Waals surface area contributed by atoms with E-state index in [4.69, 9.17) is 0 Å². The first-order chi connectivity index (χ1) is 14.3. The van der Waals surface area contributed by atoms with Crippen LogP contribution in [0, 0.1) is 0 Å². The van der Waals surface area contributed by atoms with Crippen LogP contribution in [-0.2, 0) is 33.6 Å². The number of rotatable bonds is 9. The molecule has 4 rings (SSSR count). The van der Waals surface area contributed by atoms with E-state index >= 15 is 0 Å². The van der Waals surface area contributed by atoms with Gasteiger partial charge in [-0.15, -0.1) is 0 Å². The standard InChI is InChI=1S/C21H30N6O3/c1-13-10-25(13)19(28)7-4-16-22-17(5-8-20(29)26-11-14(26)2)24-18(23-16)6-9-21(30)27-12-15(27)3/h13-15H,4-12H2,1-3H3. The normalized spacial score (nSPS) is 24.1. The minimum atomic E-state index is 0.113. The van der Waals surface area contributed by atoms with Gasteiger partial charge in [-0.1, -0.05) is 0 Å². The van der Waals surface area contributed by atoms with Gasteiger partial charge >= 0.3 is 0 Å². The van der Waals surface area contributed by atoms with E-state index in [1.54, 1.807) is 0 Å². The van der Waals surface area contributed by atoms with Gasteiger partial charge in [0.05, 0.1) is 0 Å². The third-order valence-corrected chi connectivity index (χ3v) is 6.00. The van der Waals surface area contributed by atoms with Crippen LogP contribution in [0.25, 0.3) is 0 Å². The van der Waals surface area contributed by atoms with E-state index in [9.17, 15) is 14.4 Å². The topological polar surface area (TPSA) is 98.9 Å². The van der Waals surface area contributed by atoms with Gasteiger partial charge in [0, 0.05) is 76.3 Å². The van der Waals surface area contributed by atoms with Crippen molar-refractivity contribution < 1.29 is 14.4 Å². The summed E-state index contributed by atoms with van der Waals surface area (Å²) < 4.78 is 0. The van der Waals surface area contributed by atoms with Crippen molar-refractivity contribution in [2.75, 3.05) is 19.6 Å². The van der Waals surface area contributed by atoms with E-state index in [-0.39, 0.29) is 17.7 Å². The summed E-state index contributed by atoms with van der Waals surface area (Å²) in [5.41, 5.74) is 0. The lowest BCUT2D eigenvalue weighted by Gasteiger charge is -2.09. The quantitative estimate of drug-likeness (QED) is 0.541. The molecule has 0 saturated carbocycles. The first kappa shape index (κ1) is 20.7. The van der Waals surface area contributed by atoms with Gasteiger partial charge in [-0.25, -0.2) is 15.0 Å². The van der Waals surface area contributed by atoms with Crippen LogP contribution >= 0.6 is 0 Å². The molecular formula is C21H30N6O3. The Hall–Kier alpha value is -2.58. The Morgan fingerprint density at radius 2 is 0.867 bits per heavy atom. The molecule has 0 N–H and O–H groups in total. The zero-order chi connectivity index (χ0) is 21.4. The van der Waals surface area contributed by atoms with Crippen LogP contribution in [0.1, 0.15) is 57.5 Å². The van der Waals surface area contributed by atoms with Gasteiger partial charge in [0.2, 0.25) is 17.7 Å². The summed E-state index contributed by atoms with van der Waals surface area (Å²) in [5.74, 6) is 2.04. The Kier molecular flexibility index (Phi) is 5.71. The lowest BCUT2D eigenvalue weighted by atomic mass is 10.2. The monoisotopic (exact) mass is 414 g/mol. The van der Waals surface area contributed by atoms with E-state index in [1.165, 1.54) is 0 Å². The highest BCUT2D eigenvalue weighted by molar-refractivity contribution is 5.80. The molecule has 0 radical (unpaired) electrons. The third-order valence-electron chi connectivity index (χ3n) is 6.00. The molecule has 0 bridgehead atoms. The van der Waals surface area contributed by atoms with Crippen molar-refractivity contribution in [1.82, 2.24) is 29.7 Å². The zero-order valence-electron chi connectivity index (χ0n) is 18.0. The van der Waals surface area contributed by atoms with Gasteiger partial charge in [-0.2, -0.15) is 0 Å². The van der Waals surface area contributed by atoms with Crippen LogP contribution in [0.5, 0.6) is 0 Å². The minimum Gasteiger partial charge on any atom is -0.336 e. The fourth-order valence-electron chi connectivity index (χ4n) is 3.70. The molecule has 0 aliphatic carbocycles. The third kappa shape index (κ3) is 5.12. The summed E-state index contributed by atoms with van der Waals surface area (Å²) >= 11 is 0. The number of carbonyl (C=O) groups excluding carboxylic acids is 3. The molecule has 1 aromatic heterocycles. The van der Waals surface area contributed by atoms with Crippen LogP contribution in [-0.4, -0.2) is 85.1 Å². The summed E-state index contributed by atoms with van der Waals surface area (Å²) in [4.78, 5) is 55.5. The van der Waals surface area contributed by atoms with Gasteiger partial charge < -0.3 is 14.7 Å². The smallest absolute Gasteiger partial charge is 0.223 e. The van der Waals surface area contributed by atoms with Crippen LogP contribution < -0.4 is 0 Å². The number of aromatic nitrogens is 3. The van der Waals surface area contributed by atoms with E-state index in [2.05, 4.69) is 15.0 Å². The Morgan fingerprint density at radius 1 is 0.633 bits per heavy atom. The lowest BCUT2D eigenvalue weighted by Crippen LogP contribution is -2.18. The van der Waals surface area contributed by atoms with E-state index in [1.807, 2.05) is 35.5 Å². The van der Waals surface area contributed by atoms with Crippen LogP contribution in [0.4, 0.5) is 0 Å². The molecule has 3 atom stereocenters. The molecule has 162 valence electrons. The highest BCUT2D eigenvalue weighted by atomic mass is 16.2. The predicted molar refractivity (Wildman–Crippen MR) is 108 cm³/mol. The molecule has 1 aromatic rings. The molecule has 9 nitrogen and oxygen atoms in total. The zero-order valence-corrected chi connectivity index (χ0v) is 18.0.